The molecule has 9 heteroatoms. The third-order valence-electron chi connectivity index (χ3n) is 4.38. The first-order valence-electron chi connectivity index (χ1n) is 8.33. The van der Waals surface area contributed by atoms with Gasteiger partial charge in [-0.3, -0.25) is 0 Å². The molecule has 0 aromatic heterocycles. The van der Waals surface area contributed by atoms with Crippen molar-refractivity contribution in [2.24, 2.45) is 5.41 Å². The molecule has 2 rings (SSSR count). The quantitative estimate of drug-likeness (QED) is 0.687. The summed E-state index contributed by atoms with van der Waals surface area (Å²) < 4.78 is 37.2. The Morgan fingerprint density at radius 1 is 1.04 bits per heavy atom. The van der Waals surface area contributed by atoms with Gasteiger partial charge in [0, 0.05) is 13.1 Å². The van der Waals surface area contributed by atoms with E-state index >= 15 is 0 Å². The first-order chi connectivity index (χ1) is 11.3. The van der Waals surface area contributed by atoms with Crippen LogP contribution in [0.3, 0.4) is 0 Å². The number of carboxylic acid groups (broad SMARTS) is 1. The number of rotatable bonds is 0. The zero-order valence-electron chi connectivity index (χ0n) is 14.9. The van der Waals surface area contributed by atoms with Crippen molar-refractivity contribution in [3.05, 3.63) is 0 Å². The van der Waals surface area contributed by atoms with Gasteiger partial charge in [0.25, 0.3) is 0 Å². The lowest BCUT2D eigenvalue weighted by Crippen LogP contribution is -2.48. The molecule has 25 heavy (non-hydrogen) atoms. The lowest BCUT2D eigenvalue weighted by Gasteiger charge is -2.44. The number of nitrogens with zero attached hydrogens (tertiary/aromatic N) is 1. The molecule has 0 bridgehead atoms. The highest BCUT2D eigenvalue weighted by atomic mass is 19.4. The van der Waals surface area contributed by atoms with Crippen molar-refractivity contribution < 1.29 is 32.6 Å². The van der Waals surface area contributed by atoms with Crippen LogP contribution in [0, 0.1) is 5.41 Å². The van der Waals surface area contributed by atoms with Gasteiger partial charge in [0.1, 0.15) is 5.60 Å². The molecular weight excluding hydrogens is 341 g/mol. The monoisotopic (exact) mass is 368 g/mol. The normalized spacial score (nSPS) is 20.5. The molecule has 0 aromatic carbocycles. The minimum absolute atomic E-state index is 0.147. The van der Waals surface area contributed by atoms with Crippen LogP contribution in [0.15, 0.2) is 0 Å². The fourth-order valence-corrected chi connectivity index (χ4v) is 2.95. The molecule has 0 radical (unpaired) electrons. The molecular formula is C16H27F3N2O4. The molecule has 2 aliphatic heterocycles. The number of hydrogen-bond acceptors (Lipinski definition) is 4. The summed E-state index contributed by atoms with van der Waals surface area (Å²) in [5.41, 5.74) is 0.102. The summed E-state index contributed by atoms with van der Waals surface area (Å²) in [6.07, 6.45) is -0.446. The zero-order chi connectivity index (χ0) is 19.3. The summed E-state index contributed by atoms with van der Waals surface area (Å²) in [7, 11) is 0. The maximum atomic E-state index is 12.0. The van der Waals surface area contributed by atoms with Gasteiger partial charge in [0.2, 0.25) is 0 Å². The summed E-state index contributed by atoms with van der Waals surface area (Å²) in [6.45, 7) is 9.73. The predicted molar refractivity (Wildman–Crippen MR) is 85.3 cm³/mol. The minimum atomic E-state index is -5.08. The van der Waals surface area contributed by atoms with Gasteiger partial charge < -0.3 is 20.1 Å². The van der Waals surface area contributed by atoms with E-state index in [4.69, 9.17) is 14.6 Å². The van der Waals surface area contributed by atoms with Crippen molar-refractivity contribution in [3.63, 3.8) is 0 Å². The molecule has 0 unspecified atom stereocenters. The Labute approximate surface area is 145 Å². The Hall–Kier alpha value is -1.51. The topological polar surface area (TPSA) is 78.9 Å². The Balaban J connectivity index is 0.000000381. The summed E-state index contributed by atoms with van der Waals surface area (Å²) in [6, 6.07) is 0. The lowest BCUT2D eigenvalue weighted by molar-refractivity contribution is -0.192. The predicted octanol–water partition coefficient (Wildman–Crippen LogP) is 3.02. The van der Waals surface area contributed by atoms with Gasteiger partial charge in [-0.1, -0.05) is 0 Å². The number of amides is 1. The molecule has 0 saturated carbocycles. The van der Waals surface area contributed by atoms with E-state index in [-0.39, 0.29) is 11.7 Å². The molecule has 146 valence electrons. The van der Waals surface area contributed by atoms with Crippen LogP contribution < -0.4 is 5.32 Å². The first kappa shape index (κ1) is 21.5. The number of alkyl halides is 3. The van der Waals surface area contributed by atoms with E-state index in [0.29, 0.717) is 5.41 Å². The van der Waals surface area contributed by atoms with Crippen LogP contribution in [0.5, 0.6) is 0 Å². The maximum Gasteiger partial charge on any atom is 0.490 e. The zero-order valence-corrected chi connectivity index (χ0v) is 14.9. The smallest absolute Gasteiger partial charge is 0.475 e. The van der Waals surface area contributed by atoms with Gasteiger partial charge in [-0.05, 0) is 65.0 Å². The highest BCUT2D eigenvalue weighted by molar-refractivity contribution is 5.73. The molecule has 2 saturated heterocycles. The van der Waals surface area contributed by atoms with E-state index in [1.54, 1.807) is 0 Å². The Bertz CT molecular complexity index is 459. The lowest BCUT2D eigenvalue weighted by atomic mass is 9.72. The highest BCUT2D eigenvalue weighted by Crippen LogP contribution is 2.39. The van der Waals surface area contributed by atoms with E-state index in [1.165, 1.54) is 12.8 Å². The van der Waals surface area contributed by atoms with Gasteiger partial charge in [0.15, 0.2) is 0 Å². The van der Waals surface area contributed by atoms with Gasteiger partial charge in [-0.15, -0.1) is 0 Å². The number of halogens is 3. The number of hydrogen-bond donors (Lipinski definition) is 2. The molecule has 2 fully saturated rings. The number of carbonyl (C=O) groups excluding carboxylic acids is 1. The molecule has 2 heterocycles. The van der Waals surface area contributed by atoms with Gasteiger partial charge in [0.05, 0.1) is 0 Å². The Kier molecular flexibility index (Phi) is 7.10. The number of likely N-dealkylation sites (tertiary alicyclic amines) is 1. The van der Waals surface area contributed by atoms with Crippen LogP contribution >= 0.6 is 0 Å². The van der Waals surface area contributed by atoms with E-state index in [9.17, 15) is 18.0 Å². The maximum absolute atomic E-state index is 12.0. The van der Waals surface area contributed by atoms with Crippen LogP contribution in [0.1, 0.15) is 46.5 Å². The number of nitrogens with one attached hydrogen (secondary N) is 1. The van der Waals surface area contributed by atoms with Crippen molar-refractivity contribution in [2.75, 3.05) is 26.2 Å². The number of aliphatic carboxylic acids is 1. The summed E-state index contributed by atoms with van der Waals surface area (Å²) in [5.74, 6) is -2.76. The van der Waals surface area contributed by atoms with Crippen LogP contribution in [0.4, 0.5) is 18.0 Å². The summed E-state index contributed by atoms with van der Waals surface area (Å²) >= 11 is 0. The fraction of sp³-hybridized carbons (Fsp3) is 0.875. The molecule has 0 aliphatic carbocycles. The van der Waals surface area contributed by atoms with Crippen LogP contribution in [-0.4, -0.2) is 60.0 Å². The van der Waals surface area contributed by atoms with Gasteiger partial charge in [-0.2, -0.15) is 13.2 Å². The molecule has 0 aromatic rings. The average molecular weight is 368 g/mol. The largest absolute Gasteiger partial charge is 0.490 e. The molecule has 2 N–H and O–H groups in total. The van der Waals surface area contributed by atoms with E-state index in [0.717, 1.165) is 39.0 Å². The molecule has 6 nitrogen and oxygen atoms in total. The van der Waals surface area contributed by atoms with Gasteiger partial charge in [-0.25, -0.2) is 9.59 Å². The summed E-state index contributed by atoms with van der Waals surface area (Å²) in [5, 5.41) is 10.5. The Morgan fingerprint density at radius 3 is 1.84 bits per heavy atom. The third kappa shape index (κ3) is 7.50. The van der Waals surface area contributed by atoms with Crippen molar-refractivity contribution in [1.29, 1.82) is 0 Å². The fourth-order valence-electron chi connectivity index (χ4n) is 2.95. The van der Waals surface area contributed by atoms with Gasteiger partial charge >= 0.3 is 18.2 Å². The second-order valence-electron chi connectivity index (χ2n) is 7.52. The van der Waals surface area contributed by atoms with Crippen molar-refractivity contribution in [3.8, 4) is 0 Å². The first-order valence-corrected chi connectivity index (χ1v) is 8.33. The second-order valence-corrected chi connectivity index (χ2v) is 7.52. The second kappa shape index (κ2) is 8.25. The van der Waals surface area contributed by atoms with Crippen molar-refractivity contribution in [2.45, 2.75) is 58.2 Å². The average Bonchev–Trinajstić information content (AvgIpc) is 2.46. The number of carbonyl (C=O) groups is 2. The standard InChI is InChI=1S/C14H26N2O2.C2HF3O2/c1-13(2,3)18-12(17)16-10-6-14(7-11-16)4-8-15-9-5-14;3-2(4,5)1(6)7/h15H,4-11H2,1-3H3;(H,6,7). The molecule has 2 aliphatic rings. The van der Waals surface area contributed by atoms with Crippen LogP contribution in [0.25, 0.3) is 0 Å². The third-order valence-corrected chi connectivity index (χ3v) is 4.38. The van der Waals surface area contributed by atoms with E-state index in [1.807, 2.05) is 25.7 Å². The Morgan fingerprint density at radius 2 is 1.48 bits per heavy atom. The number of piperidine rings is 2. The molecule has 1 amide bonds. The van der Waals surface area contributed by atoms with E-state index < -0.39 is 12.1 Å². The van der Waals surface area contributed by atoms with Crippen LogP contribution in [0.2, 0.25) is 0 Å². The van der Waals surface area contributed by atoms with Crippen molar-refractivity contribution in [1.82, 2.24) is 10.2 Å². The van der Waals surface area contributed by atoms with Crippen molar-refractivity contribution >= 4 is 12.1 Å². The molecule has 0 atom stereocenters. The highest BCUT2D eigenvalue weighted by Gasteiger charge is 2.38. The molecule has 1 spiro atoms. The number of carboxylic acids is 1. The summed E-state index contributed by atoms with van der Waals surface area (Å²) in [4.78, 5) is 22.7. The SMILES string of the molecule is CC(C)(C)OC(=O)N1CCC2(CCNCC2)CC1.O=C(O)C(F)(F)F. The van der Waals surface area contributed by atoms with Crippen LogP contribution in [-0.2, 0) is 9.53 Å². The van der Waals surface area contributed by atoms with E-state index in [2.05, 4.69) is 5.32 Å². The minimum Gasteiger partial charge on any atom is -0.475 e. The number of ether oxygens (including phenoxy) is 1.